The molecule has 1 N–H and O–H groups in total. The molecular weight excluding hydrogens is 296 g/mol. The minimum absolute atomic E-state index is 0.305. The topological polar surface area (TPSA) is 20.2 Å². The molecule has 0 aliphatic carbocycles. The molecule has 1 nitrogen and oxygen atoms in total. The van der Waals surface area contributed by atoms with Crippen molar-refractivity contribution in [1.29, 1.82) is 0 Å². The van der Waals surface area contributed by atoms with Crippen molar-refractivity contribution < 1.29 is 5.11 Å². The molecule has 0 bridgehead atoms. The molecule has 17 heavy (non-hydrogen) atoms. The van der Waals surface area contributed by atoms with E-state index in [1.807, 2.05) is 12.1 Å². The lowest BCUT2D eigenvalue weighted by molar-refractivity contribution is 0.475. The third-order valence-electron chi connectivity index (χ3n) is 2.47. The Balaban J connectivity index is 2.21. The van der Waals surface area contributed by atoms with Crippen LogP contribution < -0.4 is 0 Å². The standard InChI is InChI=1S/C14H13BrOS/c1-2-10-9-13(7-8-14(10)15)17-12-5-3-11(16)4-6-12/h3-9,16H,2H2,1H3. The number of aromatic hydroxyl groups is 1. The van der Waals surface area contributed by atoms with Gasteiger partial charge in [-0.2, -0.15) is 0 Å². The van der Waals surface area contributed by atoms with Crippen LogP contribution in [0.25, 0.3) is 0 Å². The third-order valence-corrected chi connectivity index (χ3v) is 4.24. The van der Waals surface area contributed by atoms with Crippen LogP contribution in [0.4, 0.5) is 0 Å². The van der Waals surface area contributed by atoms with Gasteiger partial charge in [0.15, 0.2) is 0 Å². The van der Waals surface area contributed by atoms with Crippen LogP contribution in [-0.2, 0) is 6.42 Å². The highest BCUT2D eigenvalue weighted by molar-refractivity contribution is 9.10. The smallest absolute Gasteiger partial charge is 0.115 e. The number of halogens is 1. The van der Waals surface area contributed by atoms with Gasteiger partial charge >= 0.3 is 0 Å². The number of aryl methyl sites for hydroxylation is 1. The molecule has 0 saturated carbocycles. The van der Waals surface area contributed by atoms with Crippen molar-refractivity contribution in [2.24, 2.45) is 0 Å². The van der Waals surface area contributed by atoms with Crippen LogP contribution in [0.1, 0.15) is 12.5 Å². The van der Waals surface area contributed by atoms with Crippen LogP contribution >= 0.6 is 27.7 Å². The molecule has 0 aliphatic rings. The second-order valence-electron chi connectivity index (χ2n) is 3.70. The first-order valence-corrected chi connectivity index (χ1v) is 7.05. The molecule has 2 aromatic rings. The van der Waals surface area contributed by atoms with Gasteiger partial charge in [0.1, 0.15) is 5.75 Å². The minimum atomic E-state index is 0.305. The van der Waals surface area contributed by atoms with Crippen molar-refractivity contribution in [1.82, 2.24) is 0 Å². The Hall–Kier alpha value is -0.930. The second kappa shape index (κ2) is 5.61. The Kier molecular flexibility index (Phi) is 4.13. The summed E-state index contributed by atoms with van der Waals surface area (Å²) in [5.74, 6) is 0.305. The molecule has 0 unspecified atom stereocenters. The lowest BCUT2D eigenvalue weighted by Gasteiger charge is -2.06. The molecule has 0 fully saturated rings. The van der Waals surface area contributed by atoms with E-state index in [1.54, 1.807) is 23.9 Å². The molecule has 0 heterocycles. The van der Waals surface area contributed by atoms with E-state index >= 15 is 0 Å². The molecule has 2 rings (SSSR count). The Labute approximate surface area is 114 Å². The normalized spacial score (nSPS) is 10.5. The van der Waals surface area contributed by atoms with Crippen molar-refractivity contribution in [3.05, 3.63) is 52.5 Å². The Morgan fingerprint density at radius 3 is 2.35 bits per heavy atom. The van der Waals surface area contributed by atoms with Crippen molar-refractivity contribution in [3.63, 3.8) is 0 Å². The van der Waals surface area contributed by atoms with Crippen molar-refractivity contribution >= 4 is 27.7 Å². The molecule has 0 atom stereocenters. The highest BCUT2D eigenvalue weighted by atomic mass is 79.9. The zero-order chi connectivity index (χ0) is 12.3. The molecule has 0 aliphatic heterocycles. The van der Waals surface area contributed by atoms with Gasteiger partial charge in [0, 0.05) is 14.3 Å². The number of hydrogen-bond acceptors (Lipinski definition) is 2. The van der Waals surface area contributed by atoms with Gasteiger partial charge in [-0.15, -0.1) is 0 Å². The minimum Gasteiger partial charge on any atom is -0.508 e. The van der Waals surface area contributed by atoms with Gasteiger partial charge in [-0.25, -0.2) is 0 Å². The Bertz CT molecular complexity index is 508. The van der Waals surface area contributed by atoms with E-state index in [0.717, 1.165) is 15.8 Å². The quantitative estimate of drug-likeness (QED) is 0.873. The number of rotatable bonds is 3. The maximum absolute atomic E-state index is 9.23. The maximum Gasteiger partial charge on any atom is 0.115 e. The summed E-state index contributed by atoms with van der Waals surface area (Å²) in [6.07, 6.45) is 1.02. The molecule has 88 valence electrons. The largest absolute Gasteiger partial charge is 0.508 e. The first kappa shape index (κ1) is 12.5. The lowest BCUT2D eigenvalue weighted by Crippen LogP contribution is -1.83. The summed E-state index contributed by atoms with van der Waals surface area (Å²) in [4.78, 5) is 2.35. The van der Waals surface area contributed by atoms with Crippen molar-refractivity contribution in [2.45, 2.75) is 23.1 Å². The van der Waals surface area contributed by atoms with E-state index in [2.05, 4.69) is 41.1 Å². The number of phenolic OH excluding ortho intramolecular Hbond substituents is 1. The molecule has 0 spiro atoms. The molecular formula is C14H13BrOS. The van der Waals surface area contributed by atoms with Crippen LogP contribution in [0, 0.1) is 0 Å². The summed E-state index contributed by atoms with van der Waals surface area (Å²) in [6.45, 7) is 2.15. The fourth-order valence-corrected chi connectivity index (χ4v) is 2.94. The molecule has 2 aromatic carbocycles. The zero-order valence-corrected chi connectivity index (χ0v) is 11.9. The fraction of sp³-hybridized carbons (Fsp3) is 0.143. The van der Waals surface area contributed by atoms with Gasteiger partial charge < -0.3 is 5.11 Å². The summed E-state index contributed by atoms with van der Waals surface area (Å²) in [5, 5.41) is 9.23. The highest BCUT2D eigenvalue weighted by Gasteiger charge is 2.02. The molecule has 0 radical (unpaired) electrons. The predicted molar refractivity (Wildman–Crippen MR) is 75.7 cm³/mol. The van der Waals surface area contributed by atoms with Gasteiger partial charge in [-0.3, -0.25) is 0 Å². The highest BCUT2D eigenvalue weighted by Crippen LogP contribution is 2.31. The predicted octanol–water partition coefficient (Wildman–Crippen LogP) is 4.87. The molecule has 3 heteroatoms. The summed E-state index contributed by atoms with van der Waals surface area (Å²) in [5.41, 5.74) is 1.31. The molecule has 0 saturated heterocycles. The van der Waals surface area contributed by atoms with Crippen LogP contribution in [-0.4, -0.2) is 5.11 Å². The SMILES string of the molecule is CCc1cc(Sc2ccc(O)cc2)ccc1Br. The van der Waals surface area contributed by atoms with E-state index in [4.69, 9.17) is 0 Å². The second-order valence-corrected chi connectivity index (χ2v) is 5.70. The van der Waals surface area contributed by atoms with Crippen LogP contribution in [0.5, 0.6) is 5.75 Å². The van der Waals surface area contributed by atoms with Gasteiger partial charge in [-0.05, 0) is 54.4 Å². The van der Waals surface area contributed by atoms with Crippen molar-refractivity contribution in [2.75, 3.05) is 0 Å². The van der Waals surface area contributed by atoms with E-state index in [0.29, 0.717) is 5.75 Å². The summed E-state index contributed by atoms with van der Waals surface area (Å²) in [6, 6.07) is 13.6. The van der Waals surface area contributed by atoms with Crippen LogP contribution in [0.15, 0.2) is 56.7 Å². The summed E-state index contributed by atoms with van der Waals surface area (Å²) in [7, 11) is 0. The number of phenols is 1. The number of benzene rings is 2. The Morgan fingerprint density at radius 1 is 1.06 bits per heavy atom. The maximum atomic E-state index is 9.23. The lowest BCUT2D eigenvalue weighted by atomic mass is 10.2. The fourth-order valence-electron chi connectivity index (χ4n) is 1.54. The average Bonchev–Trinajstić information content (AvgIpc) is 2.34. The molecule has 0 amide bonds. The van der Waals surface area contributed by atoms with Crippen LogP contribution in [0.3, 0.4) is 0 Å². The first-order valence-electron chi connectivity index (χ1n) is 5.44. The van der Waals surface area contributed by atoms with E-state index in [9.17, 15) is 5.11 Å². The monoisotopic (exact) mass is 308 g/mol. The van der Waals surface area contributed by atoms with E-state index in [1.165, 1.54) is 10.5 Å². The Morgan fingerprint density at radius 2 is 1.71 bits per heavy atom. The number of hydrogen-bond donors (Lipinski definition) is 1. The van der Waals surface area contributed by atoms with Gasteiger partial charge in [0.05, 0.1) is 0 Å². The first-order chi connectivity index (χ1) is 8.19. The van der Waals surface area contributed by atoms with Gasteiger partial charge in [0.2, 0.25) is 0 Å². The van der Waals surface area contributed by atoms with E-state index in [-0.39, 0.29) is 0 Å². The van der Waals surface area contributed by atoms with Gasteiger partial charge in [0.25, 0.3) is 0 Å². The van der Waals surface area contributed by atoms with Crippen LogP contribution in [0.2, 0.25) is 0 Å². The van der Waals surface area contributed by atoms with Gasteiger partial charge in [-0.1, -0.05) is 34.6 Å². The van der Waals surface area contributed by atoms with E-state index < -0.39 is 0 Å². The summed E-state index contributed by atoms with van der Waals surface area (Å²) >= 11 is 5.25. The van der Waals surface area contributed by atoms with Crippen molar-refractivity contribution in [3.8, 4) is 5.75 Å². The zero-order valence-electron chi connectivity index (χ0n) is 9.48. The third kappa shape index (κ3) is 3.27. The summed E-state index contributed by atoms with van der Waals surface area (Å²) < 4.78 is 1.16. The average molecular weight is 309 g/mol. The molecule has 0 aromatic heterocycles.